The number of aliphatic hydroxyl groups excluding tert-OH is 1. The molecule has 2 rings (SSSR count). The first-order chi connectivity index (χ1) is 10.6. The summed E-state index contributed by atoms with van der Waals surface area (Å²) in [5.74, 6) is -0.0112. The van der Waals surface area contributed by atoms with Gasteiger partial charge in [0.05, 0.1) is 6.10 Å². The Morgan fingerprint density at radius 1 is 1.18 bits per heavy atom. The summed E-state index contributed by atoms with van der Waals surface area (Å²) in [5.41, 5.74) is 1.88. The molecule has 0 saturated carbocycles. The van der Waals surface area contributed by atoms with Crippen LogP contribution in [0.3, 0.4) is 0 Å². The maximum atomic E-state index is 12.2. The monoisotopic (exact) mass is 300 g/mol. The molecule has 1 aromatic carbocycles. The van der Waals surface area contributed by atoms with Crippen LogP contribution in [0.1, 0.15) is 29.9 Å². The number of aryl methyl sites for hydroxylation is 2. The minimum absolute atomic E-state index is 0.130. The van der Waals surface area contributed by atoms with Crippen molar-refractivity contribution in [1.82, 2.24) is 9.88 Å². The molecule has 0 radical (unpaired) electrons. The van der Waals surface area contributed by atoms with Gasteiger partial charge in [0.25, 0.3) is 5.91 Å². The van der Waals surface area contributed by atoms with Crippen LogP contribution in [0.4, 0.5) is 0 Å². The van der Waals surface area contributed by atoms with E-state index < -0.39 is 6.10 Å². The van der Waals surface area contributed by atoms with Crippen LogP contribution < -0.4 is 5.32 Å². The molecule has 0 bridgehead atoms. The van der Waals surface area contributed by atoms with Crippen molar-refractivity contribution in [3.05, 3.63) is 59.9 Å². The number of carbonyl (C=O) groups is 1. The summed E-state index contributed by atoms with van der Waals surface area (Å²) in [6.07, 6.45) is 2.28. The number of hydrogen-bond acceptors (Lipinski definition) is 2. The zero-order valence-corrected chi connectivity index (χ0v) is 13.2. The Morgan fingerprint density at radius 2 is 1.91 bits per heavy atom. The zero-order chi connectivity index (χ0) is 15.9. The van der Waals surface area contributed by atoms with Gasteiger partial charge in [0.1, 0.15) is 5.69 Å². The summed E-state index contributed by atoms with van der Waals surface area (Å²) in [4.78, 5) is 12.2. The molecule has 1 aromatic heterocycles. The zero-order valence-electron chi connectivity index (χ0n) is 13.2. The van der Waals surface area contributed by atoms with Crippen molar-refractivity contribution in [2.75, 3.05) is 6.54 Å². The van der Waals surface area contributed by atoms with E-state index in [0.717, 1.165) is 13.0 Å². The van der Waals surface area contributed by atoms with Gasteiger partial charge in [0.2, 0.25) is 0 Å². The molecular formula is C18H24N2O2. The van der Waals surface area contributed by atoms with Crippen molar-refractivity contribution >= 4 is 5.91 Å². The van der Waals surface area contributed by atoms with Crippen LogP contribution >= 0.6 is 0 Å². The molecule has 1 atom stereocenters. The maximum absolute atomic E-state index is 12.2. The van der Waals surface area contributed by atoms with Crippen molar-refractivity contribution in [2.45, 2.75) is 32.9 Å². The van der Waals surface area contributed by atoms with E-state index in [2.05, 4.69) is 17.4 Å². The number of amides is 1. The Morgan fingerprint density at radius 3 is 2.59 bits per heavy atom. The molecule has 2 N–H and O–H groups in total. The molecule has 0 aliphatic heterocycles. The van der Waals surface area contributed by atoms with Gasteiger partial charge in [-0.3, -0.25) is 4.79 Å². The first kappa shape index (κ1) is 16.3. The second kappa shape index (κ2) is 7.80. The maximum Gasteiger partial charge on any atom is 0.267 e. The van der Waals surface area contributed by atoms with E-state index in [4.69, 9.17) is 0 Å². The molecule has 0 aliphatic rings. The van der Waals surface area contributed by atoms with Gasteiger partial charge in [-0.25, -0.2) is 0 Å². The Balaban J connectivity index is 1.92. The van der Waals surface area contributed by atoms with Crippen LogP contribution in [0, 0.1) is 5.92 Å². The van der Waals surface area contributed by atoms with E-state index in [1.54, 1.807) is 0 Å². The fourth-order valence-corrected chi connectivity index (χ4v) is 2.23. The average molecular weight is 300 g/mol. The first-order valence-corrected chi connectivity index (χ1v) is 7.73. The second-order valence-electron chi connectivity index (χ2n) is 5.84. The number of hydrogen-bond donors (Lipinski definition) is 2. The van der Waals surface area contributed by atoms with Crippen LogP contribution in [0.15, 0.2) is 48.7 Å². The molecule has 22 heavy (non-hydrogen) atoms. The van der Waals surface area contributed by atoms with Gasteiger partial charge in [-0.05, 0) is 30.0 Å². The van der Waals surface area contributed by atoms with Gasteiger partial charge in [-0.2, -0.15) is 0 Å². The fraction of sp³-hybridized carbons (Fsp3) is 0.389. The highest BCUT2D eigenvalue weighted by atomic mass is 16.3. The van der Waals surface area contributed by atoms with Crippen LogP contribution in [0.2, 0.25) is 0 Å². The highest BCUT2D eigenvalue weighted by Crippen LogP contribution is 2.07. The number of nitrogens with zero attached hydrogens (tertiary/aromatic N) is 1. The highest BCUT2D eigenvalue weighted by molar-refractivity contribution is 5.92. The minimum Gasteiger partial charge on any atom is -0.391 e. The largest absolute Gasteiger partial charge is 0.391 e. The summed E-state index contributed by atoms with van der Waals surface area (Å²) in [6, 6.07) is 13.9. The third-order valence-corrected chi connectivity index (χ3v) is 3.79. The topological polar surface area (TPSA) is 54.3 Å². The lowest BCUT2D eigenvalue weighted by Crippen LogP contribution is -2.35. The smallest absolute Gasteiger partial charge is 0.267 e. The van der Waals surface area contributed by atoms with E-state index in [1.807, 2.05) is 54.9 Å². The number of nitrogens with one attached hydrogen (secondary N) is 1. The summed E-state index contributed by atoms with van der Waals surface area (Å²) in [5, 5.41) is 12.6. The van der Waals surface area contributed by atoms with Gasteiger partial charge < -0.3 is 15.0 Å². The highest BCUT2D eigenvalue weighted by Gasteiger charge is 2.14. The molecule has 1 unspecified atom stereocenters. The average Bonchev–Trinajstić information content (AvgIpc) is 2.99. The van der Waals surface area contributed by atoms with Gasteiger partial charge in [0.15, 0.2) is 0 Å². The van der Waals surface area contributed by atoms with E-state index in [0.29, 0.717) is 5.69 Å². The second-order valence-corrected chi connectivity index (χ2v) is 5.84. The van der Waals surface area contributed by atoms with Gasteiger partial charge >= 0.3 is 0 Å². The Bertz CT molecular complexity index is 590. The summed E-state index contributed by atoms with van der Waals surface area (Å²) < 4.78 is 1.95. The van der Waals surface area contributed by atoms with Crippen molar-refractivity contribution in [3.63, 3.8) is 0 Å². The predicted octanol–water partition coefficient (Wildman–Crippen LogP) is 2.48. The SMILES string of the molecule is CC(C)C(O)CNC(=O)c1cccn1CCc1ccccc1. The van der Waals surface area contributed by atoms with Crippen molar-refractivity contribution in [1.29, 1.82) is 0 Å². The molecule has 4 heteroatoms. The molecule has 4 nitrogen and oxygen atoms in total. The summed E-state index contributed by atoms with van der Waals surface area (Å²) >= 11 is 0. The van der Waals surface area contributed by atoms with E-state index in [-0.39, 0.29) is 18.4 Å². The van der Waals surface area contributed by atoms with E-state index >= 15 is 0 Å². The third-order valence-electron chi connectivity index (χ3n) is 3.79. The summed E-state index contributed by atoms with van der Waals surface area (Å²) in [7, 11) is 0. The van der Waals surface area contributed by atoms with Crippen molar-refractivity contribution in [2.24, 2.45) is 5.92 Å². The predicted molar refractivity (Wildman–Crippen MR) is 87.8 cm³/mol. The van der Waals surface area contributed by atoms with Crippen molar-refractivity contribution < 1.29 is 9.90 Å². The van der Waals surface area contributed by atoms with Crippen LogP contribution in [0.5, 0.6) is 0 Å². The molecule has 0 fully saturated rings. The standard InChI is InChI=1S/C18H24N2O2/c1-14(2)17(21)13-19-18(22)16-9-6-11-20(16)12-10-15-7-4-3-5-8-15/h3-9,11,14,17,21H,10,12-13H2,1-2H3,(H,19,22). The molecule has 2 aromatic rings. The Labute approximate surface area is 131 Å². The molecular weight excluding hydrogens is 276 g/mol. The number of benzene rings is 1. The lowest BCUT2D eigenvalue weighted by molar-refractivity contribution is 0.0863. The number of aromatic nitrogens is 1. The van der Waals surface area contributed by atoms with E-state index in [9.17, 15) is 9.90 Å². The molecule has 0 saturated heterocycles. The van der Waals surface area contributed by atoms with Crippen molar-refractivity contribution in [3.8, 4) is 0 Å². The number of rotatable bonds is 7. The van der Waals surface area contributed by atoms with Gasteiger partial charge in [-0.1, -0.05) is 44.2 Å². The van der Waals surface area contributed by atoms with Crippen LogP contribution in [-0.2, 0) is 13.0 Å². The van der Waals surface area contributed by atoms with Crippen LogP contribution in [0.25, 0.3) is 0 Å². The molecule has 1 amide bonds. The molecule has 118 valence electrons. The quantitative estimate of drug-likeness (QED) is 0.825. The lowest BCUT2D eigenvalue weighted by atomic mass is 10.1. The van der Waals surface area contributed by atoms with Gasteiger partial charge in [-0.15, -0.1) is 0 Å². The lowest BCUT2D eigenvalue weighted by Gasteiger charge is -2.15. The van der Waals surface area contributed by atoms with E-state index in [1.165, 1.54) is 5.56 Å². The first-order valence-electron chi connectivity index (χ1n) is 7.73. The number of carbonyl (C=O) groups excluding carboxylic acids is 1. The molecule has 1 heterocycles. The molecule has 0 aliphatic carbocycles. The minimum atomic E-state index is -0.517. The summed E-state index contributed by atoms with van der Waals surface area (Å²) in [6.45, 7) is 4.89. The Hall–Kier alpha value is -2.07. The van der Waals surface area contributed by atoms with Crippen LogP contribution in [-0.4, -0.2) is 28.2 Å². The normalized spacial score (nSPS) is 12.4. The van der Waals surface area contributed by atoms with Gasteiger partial charge in [0, 0.05) is 19.3 Å². The number of aliphatic hydroxyl groups is 1. The fourth-order valence-electron chi connectivity index (χ4n) is 2.23. The molecule has 0 spiro atoms. The Kier molecular flexibility index (Phi) is 5.78. The third kappa shape index (κ3) is 4.46.